The van der Waals surface area contributed by atoms with E-state index < -0.39 is 0 Å². The zero-order chi connectivity index (χ0) is 13.8. The molecule has 2 aromatic heterocycles. The SMILES string of the molecule is CCCNC(c1ncccc1F)c1c(Br)cnn1C. The molecule has 102 valence electrons. The van der Waals surface area contributed by atoms with Crippen LogP contribution < -0.4 is 5.32 Å². The summed E-state index contributed by atoms with van der Waals surface area (Å²) in [5.41, 5.74) is 1.26. The van der Waals surface area contributed by atoms with Crippen LogP contribution in [0.1, 0.15) is 30.8 Å². The Bertz CT molecular complexity index is 536. The number of rotatable bonds is 5. The molecule has 1 N–H and O–H groups in total. The van der Waals surface area contributed by atoms with Crippen molar-refractivity contribution in [3.8, 4) is 0 Å². The van der Waals surface area contributed by atoms with Crippen LogP contribution in [0.4, 0.5) is 4.39 Å². The van der Waals surface area contributed by atoms with Gasteiger partial charge in [0.15, 0.2) is 0 Å². The summed E-state index contributed by atoms with van der Waals surface area (Å²) in [6.45, 7) is 2.84. The maximum absolute atomic E-state index is 14.0. The van der Waals surface area contributed by atoms with Gasteiger partial charge in [-0.1, -0.05) is 6.92 Å². The maximum atomic E-state index is 14.0. The molecule has 0 bridgehead atoms. The smallest absolute Gasteiger partial charge is 0.146 e. The van der Waals surface area contributed by atoms with Crippen LogP contribution in [0.3, 0.4) is 0 Å². The molecular formula is C13H16BrFN4. The predicted octanol–water partition coefficient (Wildman–Crippen LogP) is 2.81. The molecule has 0 saturated heterocycles. The van der Waals surface area contributed by atoms with E-state index >= 15 is 0 Å². The fraction of sp³-hybridized carbons (Fsp3) is 0.385. The van der Waals surface area contributed by atoms with E-state index in [-0.39, 0.29) is 11.9 Å². The zero-order valence-electron chi connectivity index (χ0n) is 10.9. The summed E-state index contributed by atoms with van der Waals surface area (Å²) in [5, 5.41) is 7.50. The number of hydrogen-bond acceptors (Lipinski definition) is 3. The van der Waals surface area contributed by atoms with Gasteiger partial charge in [0.05, 0.1) is 28.1 Å². The van der Waals surface area contributed by atoms with Crippen LogP contribution in [0.2, 0.25) is 0 Å². The minimum Gasteiger partial charge on any atom is -0.304 e. The lowest BCUT2D eigenvalue weighted by Crippen LogP contribution is -2.27. The Balaban J connectivity index is 2.45. The Kier molecular flexibility index (Phi) is 4.66. The summed E-state index contributed by atoms with van der Waals surface area (Å²) in [6, 6.07) is 2.70. The quantitative estimate of drug-likeness (QED) is 0.918. The number of hydrogen-bond donors (Lipinski definition) is 1. The van der Waals surface area contributed by atoms with Crippen molar-refractivity contribution in [2.45, 2.75) is 19.4 Å². The van der Waals surface area contributed by atoms with Crippen LogP contribution >= 0.6 is 15.9 Å². The molecule has 2 rings (SSSR count). The fourth-order valence-electron chi connectivity index (χ4n) is 1.97. The van der Waals surface area contributed by atoms with Gasteiger partial charge in [-0.15, -0.1) is 0 Å². The topological polar surface area (TPSA) is 42.7 Å². The number of nitrogens with zero attached hydrogens (tertiary/aromatic N) is 3. The van der Waals surface area contributed by atoms with Crippen molar-refractivity contribution >= 4 is 15.9 Å². The van der Waals surface area contributed by atoms with Crippen LogP contribution in [-0.2, 0) is 7.05 Å². The first-order valence-electron chi connectivity index (χ1n) is 6.16. The number of nitrogens with one attached hydrogen (secondary N) is 1. The molecule has 19 heavy (non-hydrogen) atoms. The highest BCUT2D eigenvalue weighted by Crippen LogP contribution is 2.28. The van der Waals surface area contributed by atoms with Crippen LogP contribution in [0, 0.1) is 5.82 Å². The molecule has 0 amide bonds. The van der Waals surface area contributed by atoms with E-state index in [1.807, 2.05) is 7.05 Å². The average molecular weight is 327 g/mol. The molecule has 0 aliphatic rings. The normalized spacial score (nSPS) is 12.6. The van der Waals surface area contributed by atoms with Gasteiger partial charge in [0, 0.05) is 13.2 Å². The van der Waals surface area contributed by atoms with Crippen LogP contribution in [0.25, 0.3) is 0 Å². The lowest BCUT2D eigenvalue weighted by atomic mass is 10.1. The van der Waals surface area contributed by atoms with Crippen molar-refractivity contribution in [3.05, 3.63) is 46.2 Å². The summed E-state index contributed by atoms with van der Waals surface area (Å²) in [5.74, 6) is -0.316. The van der Waals surface area contributed by atoms with E-state index in [1.165, 1.54) is 6.07 Å². The van der Waals surface area contributed by atoms with Gasteiger partial charge in [-0.2, -0.15) is 5.10 Å². The summed E-state index contributed by atoms with van der Waals surface area (Å²) in [7, 11) is 1.83. The van der Waals surface area contributed by atoms with Crippen molar-refractivity contribution in [1.29, 1.82) is 0 Å². The highest BCUT2D eigenvalue weighted by Gasteiger charge is 2.24. The third-order valence-electron chi connectivity index (χ3n) is 2.87. The van der Waals surface area contributed by atoms with Gasteiger partial charge in [-0.05, 0) is 41.0 Å². The summed E-state index contributed by atoms with van der Waals surface area (Å²) >= 11 is 3.46. The third-order valence-corrected chi connectivity index (χ3v) is 3.48. The van der Waals surface area contributed by atoms with Crippen LogP contribution in [-0.4, -0.2) is 21.3 Å². The van der Waals surface area contributed by atoms with Gasteiger partial charge < -0.3 is 5.32 Å². The van der Waals surface area contributed by atoms with Gasteiger partial charge in [-0.3, -0.25) is 9.67 Å². The highest BCUT2D eigenvalue weighted by molar-refractivity contribution is 9.10. The van der Waals surface area contributed by atoms with Crippen molar-refractivity contribution < 1.29 is 4.39 Å². The van der Waals surface area contributed by atoms with Gasteiger partial charge in [0.25, 0.3) is 0 Å². The monoisotopic (exact) mass is 326 g/mol. The molecule has 0 radical (unpaired) electrons. The number of pyridine rings is 1. The molecule has 0 aromatic carbocycles. The molecule has 4 nitrogen and oxygen atoms in total. The second kappa shape index (κ2) is 6.25. The molecule has 6 heteroatoms. The van der Waals surface area contributed by atoms with Gasteiger partial charge in [0.1, 0.15) is 5.82 Å². The standard InChI is InChI=1S/C13H16BrFN4/c1-3-6-16-12(11-10(15)5-4-7-17-11)13-9(14)8-18-19(13)2/h4-5,7-8,12,16H,3,6H2,1-2H3. The van der Waals surface area contributed by atoms with E-state index in [2.05, 4.69) is 38.3 Å². The first kappa shape index (κ1) is 14.1. The van der Waals surface area contributed by atoms with Gasteiger partial charge in [-0.25, -0.2) is 4.39 Å². The molecule has 0 aliphatic carbocycles. The Morgan fingerprint density at radius 1 is 1.53 bits per heavy atom. The highest BCUT2D eigenvalue weighted by atomic mass is 79.9. The Morgan fingerprint density at radius 2 is 2.32 bits per heavy atom. The van der Waals surface area contributed by atoms with E-state index in [0.717, 1.165) is 23.1 Å². The van der Waals surface area contributed by atoms with Gasteiger partial charge >= 0.3 is 0 Å². The first-order chi connectivity index (χ1) is 9.15. The van der Waals surface area contributed by atoms with Crippen molar-refractivity contribution in [3.63, 3.8) is 0 Å². The molecule has 1 unspecified atom stereocenters. The van der Waals surface area contributed by atoms with E-state index in [9.17, 15) is 4.39 Å². The number of aromatic nitrogens is 3. The Morgan fingerprint density at radius 3 is 2.89 bits per heavy atom. The Labute approximate surface area is 120 Å². The van der Waals surface area contributed by atoms with Crippen LogP contribution in [0.5, 0.6) is 0 Å². The minimum absolute atomic E-state index is 0.316. The molecule has 0 aliphatic heterocycles. The molecule has 1 atom stereocenters. The second-order valence-electron chi connectivity index (χ2n) is 4.26. The molecule has 0 fully saturated rings. The Hall–Kier alpha value is -1.27. The lowest BCUT2D eigenvalue weighted by molar-refractivity contribution is 0.505. The summed E-state index contributed by atoms with van der Waals surface area (Å²) < 4.78 is 16.5. The average Bonchev–Trinajstić information content (AvgIpc) is 2.73. The van der Waals surface area contributed by atoms with Gasteiger partial charge in [0.2, 0.25) is 0 Å². The lowest BCUT2D eigenvalue weighted by Gasteiger charge is -2.19. The largest absolute Gasteiger partial charge is 0.304 e. The summed E-state index contributed by atoms with van der Waals surface area (Å²) in [6.07, 6.45) is 4.26. The first-order valence-corrected chi connectivity index (χ1v) is 6.95. The molecule has 0 saturated carbocycles. The molecule has 2 aromatic rings. The summed E-state index contributed by atoms with van der Waals surface area (Å²) in [4.78, 5) is 4.17. The molecule has 2 heterocycles. The van der Waals surface area contributed by atoms with E-state index in [4.69, 9.17) is 0 Å². The third kappa shape index (κ3) is 3.01. The fourth-order valence-corrected chi connectivity index (χ4v) is 2.54. The number of halogens is 2. The molecular weight excluding hydrogens is 311 g/mol. The molecule has 0 spiro atoms. The van der Waals surface area contributed by atoms with Crippen molar-refractivity contribution in [2.24, 2.45) is 7.05 Å². The predicted molar refractivity (Wildman–Crippen MR) is 75.2 cm³/mol. The van der Waals surface area contributed by atoms with Crippen molar-refractivity contribution in [2.75, 3.05) is 6.54 Å². The zero-order valence-corrected chi connectivity index (χ0v) is 12.5. The van der Waals surface area contributed by atoms with Crippen LogP contribution in [0.15, 0.2) is 29.0 Å². The maximum Gasteiger partial charge on any atom is 0.146 e. The van der Waals surface area contributed by atoms with E-state index in [1.54, 1.807) is 23.1 Å². The second-order valence-corrected chi connectivity index (χ2v) is 5.11. The minimum atomic E-state index is -0.317. The van der Waals surface area contributed by atoms with Crippen molar-refractivity contribution in [1.82, 2.24) is 20.1 Å². The van der Waals surface area contributed by atoms with E-state index in [0.29, 0.717) is 5.69 Å². The number of aryl methyl sites for hydroxylation is 1.